The normalized spacial score (nSPS) is 15.9. The second-order valence-corrected chi connectivity index (χ2v) is 7.31. The summed E-state index contributed by atoms with van der Waals surface area (Å²) >= 11 is 0. The van der Waals surface area contributed by atoms with Gasteiger partial charge in [-0.05, 0) is 6.42 Å². The third kappa shape index (κ3) is 6.12. The number of aliphatic hydroxyl groups is 1. The van der Waals surface area contributed by atoms with Crippen LogP contribution in [-0.4, -0.2) is 74.9 Å². The average molecular weight is 495 g/mol. The number of piperazine rings is 1. The minimum atomic E-state index is -4.87. The first kappa shape index (κ1) is 25.2. The quantitative estimate of drug-likeness (QED) is 0.509. The number of rotatable bonds is 6. The standard InChI is InChI=1S/C18H19F6N7O3/c19-17(20,21)10-8-26-16(27-9-10)31-5-3-30(4-6-31)15(34)12(32)1-2-25-13-7-11(18(22,23)24)14(33)29-28-13/h7-9,12,32H,1-6H2,(H,25,28)(H,29,33). The zero-order valence-electron chi connectivity index (χ0n) is 17.3. The molecule has 1 fully saturated rings. The van der Waals surface area contributed by atoms with Gasteiger partial charge in [0.25, 0.3) is 11.5 Å². The highest BCUT2D eigenvalue weighted by molar-refractivity contribution is 5.81. The Morgan fingerprint density at radius 3 is 2.26 bits per heavy atom. The van der Waals surface area contributed by atoms with Gasteiger partial charge in [0.2, 0.25) is 5.95 Å². The number of nitrogens with one attached hydrogen (secondary N) is 2. The first-order valence-electron chi connectivity index (χ1n) is 9.88. The second kappa shape index (κ2) is 9.82. The monoisotopic (exact) mass is 495 g/mol. The van der Waals surface area contributed by atoms with Gasteiger partial charge in [0, 0.05) is 51.2 Å². The highest BCUT2D eigenvalue weighted by atomic mass is 19.4. The fraction of sp³-hybridized carbons (Fsp3) is 0.500. The van der Waals surface area contributed by atoms with E-state index in [1.54, 1.807) is 10.00 Å². The van der Waals surface area contributed by atoms with Crippen molar-refractivity contribution in [1.29, 1.82) is 0 Å². The van der Waals surface area contributed by atoms with Crippen LogP contribution in [0.1, 0.15) is 17.5 Å². The first-order valence-corrected chi connectivity index (χ1v) is 9.88. The topological polar surface area (TPSA) is 127 Å². The van der Waals surface area contributed by atoms with Crippen LogP contribution in [-0.2, 0) is 17.1 Å². The first-order chi connectivity index (χ1) is 15.9. The van der Waals surface area contributed by atoms with Gasteiger partial charge in [-0.2, -0.15) is 31.4 Å². The molecule has 0 aliphatic carbocycles. The van der Waals surface area contributed by atoms with E-state index in [1.165, 1.54) is 4.90 Å². The molecule has 3 N–H and O–H groups in total. The molecular formula is C18H19F6N7O3. The lowest BCUT2D eigenvalue weighted by atomic mass is 10.2. The number of carbonyl (C=O) groups excluding carboxylic acids is 1. The highest BCUT2D eigenvalue weighted by Crippen LogP contribution is 2.29. The lowest BCUT2D eigenvalue weighted by Crippen LogP contribution is -2.52. The molecule has 186 valence electrons. The zero-order valence-corrected chi connectivity index (χ0v) is 17.3. The molecule has 1 amide bonds. The molecule has 0 radical (unpaired) electrons. The lowest BCUT2D eigenvalue weighted by molar-refractivity contribution is -0.141. The summed E-state index contributed by atoms with van der Waals surface area (Å²) in [6.45, 7) is 0.657. The van der Waals surface area contributed by atoms with Crippen molar-refractivity contribution in [3.05, 3.63) is 39.9 Å². The van der Waals surface area contributed by atoms with E-state index in [2.05, 4.69) is 20.4 Å². The minimum absolute atomic E-state index is 0.0801. The number of H-pyrrole nitrogens is 1. The Bertz CT molecular complexity index is 1050. The van der Waals surface area contributed by atoms with Crippen LogP contribution in [0, 0.1) is 0 Å². The van der Waals surface area contributed by atoms with E-state index in [-0.39, 0.29) is 50.9 Å². The van der Waals surface area contributed by atoms with E-state index in [4.69, 9.17) is 0 Å². The van der Waals surface area contributed by atoms with Gasteiger partial charge >= 0.3 is 12.4 Å². The summed E-state index contributed by atoms with van der Waals surface area (Å²) < 4.78 is 76.2. The van der Waals surface area contributed by atoms with Gasteiger partial charge in [0.15, 0.2) is 0 Å². The summed E-state index contributed by atoms with van der Waals surface area (Å²) in [7, 11) is 0. The number of alkyl halides is 6. The maximum atomic E-state index is 12.8. The molecule has 0 saturated carbocycles. The highest BCUT2D eigenvalue weighted by Gasteiger charge is 2.35. The fourth-order valence-electron chi connectivity index (χ4n) is 3.14. The molecule has 34 heavy (non-hydrogen) atoms. The van der Waals surface area contributed by atoms with Crippen molar-refractivity contribution in [2.75, 3.05) is 42.9 Å². The van der Waals surface area contributed by atoms with Crippen LogP contribution in [0.3, 0.4) is 0 Å². The second-order valence-electron chi connectivity index (χ2n) is 7.31. The van der Waals surface area contributed by atoms with E-state index in [1.807, 2.05) is 0 Å². The number of hydrogen-bond acceptors (Lipinski definition) is 8. The van der Waals surface area contributed by atoms with Crippen molar-refractivity contribution in [3.63, 3.8) is 0 Å². The predicted molar refractivity (Wildman–Crippen MR) is 105 cm³/mol. The van der Waals surface area contributed by atoms with Crippen LogP contribution < -0.4 is 15.8 Å². The fourth-order valence-corrected chi connectivity index (χ4v) is 3.14. The molecule has 1 unspecified atom stereocenters. The molecule has 2 aromatic heterocycles. The number of nitrogens with zero attached hydrogens (tertiary/aromatic N) is 5. The summed E-state index contributed by atoms with van der Waals surface area (Å²) in [5.41, 5.74) is -3.81. The van der Waals surface area contributed by atoms with Crippen molar-refractivity contribution in [2.24, 2.45) is 0 Å². The Morgan fingerprint density at radius 1 is 1.09 bits per heavy atom. The van der Waals surface area contributed by atoms with Crippen molar-refractivity contribution in [2.45, 2.75) is 24.9 Å². The number of anilines is 2. The zero-order chi connectivity index (χ0) is 25.1. The number of aromatic nitrogens is 4. The number of halogens is 6. The van der Waals surface area contributed by atoms with Crippen LogP contribution in [0.5, 0.6) is 0 Å². The van der Waals surface area contributed by atoms with Gasteiger partial charge in [0.1, 0.15) is 17.5 Å². The summed E-state index contributed by atoms with van der Waals surface area (Å²) in [6, 6.07) is 0.523. The molecule has 1 atom stereocenters. The Balaban J connectivity index is 1.47. The maximum absolute atomic E-state index is 12.8. The van der Waals surface area contributed by atoms with Gasteiger partial charge in [-0.3, -0.25) is 9.59 Å². The van der Waals surface area contributed by atoms with E-state index in [0.717, 1.165) is 0 Å². The summed E-state index contributed by atoms with van der Waals surface area (Å²) in [6.07, 6.45) is -9.68. The van der Waals surface area contributed by atoms with E-state index >= 15 is 0 Å². The molecular weight excluding hydrogens is 476 g/mol. The van der Waals surface area contributed by atoms with Gasteiger partial charge in [0.05, 0.1) is 5.56 Å². The predicted octanol–water partition coefficient (Wildman–Crippen LogP) is 1.11. The van der Waals surface area contributed by atoms with Crippen molar-refractivity contribution >= 4 is 17.7 Å². The van der Waals surface area contributed by atoms with Gasteiger partial charge < -0.3 is 20.2 Å². The van der Waals surface area contributed by atoms with E-state index in [0.29, 0.717) is 18.5 Å². The lowest BCUT2D eigenvalue weighted by Gasteiger charge is -2.35. The minimum Gasteiger partial charge on any atom is -0.383 e. The van der Waals surface area contributed by atoms with E-state index in [9.17, 15) is 41.0 Å². The third-order valence-electron chi connectivity index (χ3n) is 4.96. The van der Waals surface area contributed by atoms with Crippen LogP contribution in [0.25, 0.3) is 0 Å². The summed E-state index contributed by atoms with van der Waals surface area (Å²) in [5.74, 6) is -0.812. The molecule has 0 bridgehead atoms. The molecule has 3 heterocycles. The van der Waals surface area contributed by atoms with Crippen LogP contribution in [0.4, 0.5) is 38.1 Å². The third-order valence-corrected chi connectivity index (χ3v) is 4.96. The number of amides is 1. The molecule has 3 rings (SSSR count). The van der Waals surface area contributed by atoms with Crippen molar-refractivity contribution < 1.29 is 36.2 Å². The molecule has 0 spiro atoms. The molecule has 16 heteroatoms. The van der Waals surface area contributed by atoms with E-state index < -0.39 is 41.0 Å². The molecule has 10 nitrogen and oxygen atoms in total. The largest absolute Gasteiger partial charge is 0.421 e. The Hall–Kier alpha value is -3.43. The van der Waals surface area contributed by atoms with Crippen LogP contribution in [0.2, 0.25) is 0 Å². The molecule has 1 saturated heterocycles. The number of carbonyl (C=O) groups is 1. The van der Waals surface area contributed by atoms with Gasteiger partial charge in [-0.15, -0.1) is 0 Å². The molecule has 0 aromatic carbocycles. The number of aliphatic hydroxyl groups excluding tert-OH is 1. The maximum Gasteiger partial charge on any atom is 0.421 e. The van der Waals surface area contributed by atoms with Crippen LogP contribution in [0.15, 0.2) is 23.3 Å². The Kier molecular flexibility index (Phi) is 7.28. The smallest absolute Gasteiger partial charge is 0.383 e. The van der Waals surface area contributed by atoms with Gasteiger partial charge in [-0.25, -0.2) is 15.1 Å². The Labute approximate surface area is 187 Å². The average Bonchev–Trinajstić information content (AvgIpc) is 2.78. The number of aromatic amines is 1. The van der Waals surface area contributed by atoms with Crippen molar-refractivity contribution in [1.82, 2.24) is 25.1 Å². The number of hydrogen-bond donors (Lipinski definition) is 3. The Morgan fingerprint density at radius 2 is 1.71 bits per heavy atom. The SMILES string of the molecule is O=C(C(O)CCNc1cc(C(F)(F)F)c(=O)[nH]n1)N1CCN(c2ncc(C(F)(F)F)cn2)CC1. The summed E-state index contributed by atoms with van der Waals surface area (Å²) in [5, 5.41) is 17.8. The van der Waals surface area contributed by atoms with Crippen molar-refractivity contribution in [3.8, 4) is 0 Å². The molecule has 1 aliphatic heterocycles. The molecule has 2 aromatic rings. The van der Waals surface area contributed by atoms with Crippen LogP contribution >= 0.6 is 0 Å². The molecule has 1 aliphatic rings. The summed E-state index contributed by atoms with van der Waals surface area (Å²) in [4.78, 5) is 34.0. The van der Waals surface area contributed by atoms with Gasteiger partial charge in [-0.1, -0.05) is 0 Å².